The van der Waals surface area contributed by atoms with Crippen LogP contribution in [0.3, 0.4) is 0 Å². The number of carbonyl (C=O) groups is 1. The first-order valence-electron chi connectivity index (χ1n) is 14.3. The molecule has 1 amide bonds. The number of amides is 1. The van der Waals surface area contributed by atoms with Crippen LogP contribution >= 0.6 is 0 Å². The van der Waals surface area contributed by atoms with Gasteiger partial charge in [-0.3, -0.25) is 14.4 Å². The monoisotopic (exact) mass is 667 g/mol. The van der Waals surface area contributed by atoms with Crippen LogP contribution in [0.25, 0.3) is 0 Å². The average molecular weight is 669 g/mol. The molecular weight excluding hydrogens is 630 g/mol. The number of nitrogens with one attached hydrogen (secondary N) is 2. The molecule has 10 nitrogen and oxygen atoms in total. The molecule has 0 saturated heterocycles. The molecule has 2 aromatic carbocycles. The highest BCUT2D eigenvalue weighted by atomic mass is 79.9. The molecule has 2 N–H and O–H groups in total. The fraction of sp³-hybridized carbons (Fsp3) is 0.387. The van der Waals surface area contributed by atoms with Gasteiger partial charge in [-0.15, -0.1) is 0 Å². The Morgan fingerprint density at radius 2 is 1.60 bits per heavy atom. The molecule has 12 heteroatoms. The second-order valence-electron chi connectivity index (χ2n) is 10.3. The lowest BCUT2D eigenvalue weighted by atomic mass is 10.1. The number of carbonyl (C=O) groups excluding carboxylic acids is 1. The van der Waals surface area contributed by atoms with Gasteiger partial charge in [-0.05, 0) is 76.1 Å². The number of benzene rings is 2. The number of anilines is 3. The fourth-order valence-electron chi connectivity index (χ4n) is 5.85. The van der Waals surface area contributed by atoms with Crippen LogP contribution in [0.2, 0.25) is 0 Å². The van der Waals surface area contributed by atoms with Gasteiger partial charge in [-0.25, -0.2) is 8.42 Å². The first-order valence-corrected chi connectivity index (χ1v) is 16.0. The van der Waals surface area contributed by atoms with E-state index >= 15 is 0 Å². The molecular formula is C31H38BrN7O3S. The van der Waals surface area contributed by atoms with Gasteiger partial charge in [-0.1, -0.05) is 6.08 Å². The molecule has 228 valence electrons. The van der Waals surface area contributed by atoms with Crippen LogP contribution in [0, 0.1) is 22.7 Å². The van der Waals surface area contributed by atoms with Crippen molar-refractivity contribution >= 4 is 38.7 Å². The third-order valence-corrected chi connectivity index (χ3v) is 9.05. The van der Waals surface area contributed by atoms with Gasteiger partial charge in [0, 0.05) is 32.6 Å². The maximum Gasteiger partial charge on any atom is 0.234 e. The van der Waals surface area contributed by atoms with E-state index in [9.17, 15) is 23.7 Å². The van der Waals surface area contributed by atoms with Crippen molar-refractivity contribution < 1.29 is 35.1 Å². The zero-order valence-corrected chi connectivity index (χ0v) is 27.4. The van der Waals surface area contributed by atoms with Crippen molar-refractivity contribution in [2.45, 2.75) is 46.7 Å². The van der Waals surface area contributed by atoms with Gasteiger partial charge < -0.3 is 31.7 Å². The molecule has 2 aromatic rings. The highest BCUT2D eigenvalue weighted by Gasteiger charge is 2.38. The first-order chi connectivity index (χ1) is 20.2. The summed E-state index contributed by atoms with van der Waals surface area (Å²) >= 11 is 0. The molecule has 2 unspecified atom stereocenters. The van der Waals surface area contributed by atoms with E-state index in [2.05, 4.69) is 65.8 Å². The number of fused-ring (bicyclic) bond motifs is 2. The molecule has 0 spiro atoms. The summed E-state index contributed by atoms with van der Waals surface area (Å²) in [7, 11) is -3.66. The minimum Gasteiger partial charge on any atom is -1.00 e. The number of allylic oxidation sites excluding steroid dienone is 2. The molecule has 0 fully saturated rings. The minimum absolute atomic E-state index is 0. The summed E-state index contributed by atoms with van der Waals surface area (Å²) in [6.07, 6.45) is 7.28. The maximum atomic E-state index is 12.1. The van der Waals surface area contributed by atoms with E-state index in [1.54, 1.807) is 0 Å². The summed E-state index contributed by atoms with van der Waals surface area (Å²) in [5, 5.41) is 19.0. The number of nitriles is 2. The van der Waals surface area contributed by atoms with E-state index in [4.69, 9.17) is 0 Å². The van der Waals surface area contributed by atoms with Gasteiger partial charge >= 0.3 is 0 Å². The van der Waals surface area contributed by atoms with Gasteiger partial charge in [0.25, 0.3) is 0 Å². The van der Waals surface area contributed by atoms with Crippen LogP contribution in [0.5, 0.6) is 0 Å². The lowest BCUT2D eigenvalue weighted by molar-refractivity contribution is -0.843. The molecule has 2 atom stereocenters. The molecule has 2 aliphatic rings. The first kappa shape index (κ1) is 33.7. The summed E-state index contributed by atoms with van der Waals surface area (Å²) in [5.41, 5.74) is 5.38. The van der Waals surface area contributed by atoms with Gasteiger partial charge in [0.15, 0.2) is 11.9 Å². The SMILES string of the molecule is CCN1C(=CC=CC2N(CCCCS(=O)(=O)NC(C)=O)c3cc(C#N)ccc3[NH+]2CC)N(CC)c2cc(C#N)ccc21.[Br-]. The van der Waals surface area contributed by atoms with E-state index in [-0.39, 0.29) is 28.9 Å². The number of unbranched alkanes of at least 4 members (excludes halogenated alkanes) is 1. The highest BCUT2D eigenvalue weighted by molar-refractivity contribution is 7.90. The second-order valence-corrected chi connectivity index (χ2v) is 12.1. The Hall–Kier alpha value is -3.84. The van der Waals surface area contributed by atoms with Crippen molar-refractivity contribution in [3.63, 3.8) is 0 Å². The van der Waals surface area contributed by atoms with Crippen molar-refractivity contribution in [3.8, 4) is 12.1 Å². The molecule has 0 aromatic heterocycles. The third kappa shape index (κ3) is 7.21. The number of halogens is 1. The number of nitrogens with zero attached hydrogens (tertiary/aromatic N) is 5. The number of sulfonamides is 1. The number of hydrogen-bond acceptors (Lipinski definition) is 8. The van der Waals surface area contributed by atoms with Crippen molar-refractivity contribution in [2.24, 2.45) is 0 Å². The molecule has 2 aliphatic heterocycles. The van der Waals surface area contributed by atoms with Crippen molar-refractivity contribution in [2.75, 3.05) is 46.6 Å². The molecule has 43 heavy (non-hydrogen) atoms. The summed E-state index contributed by atoms with van der Waals surface area (Å²) in [5.74, 6) is 0.320. The Morgan fingerprint density at radius 3 is 2.21 bits per heavy atom. The number of rotatable bonds is 11. The average Bonchev–Trinajstić information content (AvgIpc) is 3.44. The largest absolute Gasteiger partial charge is 1.00 e. The molecule has 0 bridgehead atoms. The lowest BCUT2D eigenvalue weighted by Crippen LogP contribution is -3.10. The minimum atomic E-state index is -3.66. The van der Waals surface area contributed by atoms with E-state index in [0.29, 0.717) is 30.5 Å². The second kappa shape index (κ2) is 14.6. The molecule has 4 rings (SSSR count). The van der Waals surface area contributed by atoms with Crippen LogP contribution in [0.1, 0.15) is 51.7 Å². The van der Waals surface area contributed by atoms with Crippen LogP contribution < -0.4 is 41.3 Å². The zero-order chi connectivity index (χ0) is 30.4. The number of hydrogen-bond donors (Lipinski definition) is 2. The summed E-state index contributed by atoms with van der Waals surface area (Å²) in [6.45, 7) is 10.5. The molecule has 0 saturated carbocycles. The van der Waals surface area contributed by atoms with Crippen LogP contribution in [0.15, 0.2) is 60.4 Å². The maximum absolute atomic E-state index is 12.1. The zero-order valence-electron chi connectivity index (χ0n) is 25.0. The van der Waals surface area contributed by atoms with Crippen LogP contribution in [-0.2, 0) is 14.8 Å². The quantitative estimate of drug-likeness (QED) is 0.324. The Morgan fingerprint density at radius 1 is 0.977 bits per heavy atom. The lowest BCUT2D eigenvalue weighted by Gasteiger charge is -2.26. The van der Waals surface area contributed by atoms with E-state index in [1.165, 1.54) is 11.8 Å². The van der Waals surface area contributed by atoms with E-state index < -0.39 is 15.9 Å². The summed E-state index contributed by atoms with van der Waals surface area (Å²) in [4.78, 5) is 19.2. The predicted molar refractivity (Wildman–Crippen MR) is 165 cm³/mol. The Kier molecular flexibility index (Phi) is 11.4. The van der Waals surface area contributed by atoms with Crippen molar-refractivity contribution in [3.05, 3.63) is 71.6 Å². The number of quaternary nitrogens is 1. The van der Waals surface area contributed by atoms with Gasteiger partial charge in [0.05, 0.1) is 46.9 Å². The van der Waals surface area contributed by atoms with E-state index in [1.807, 2.05) is 41.1 Å². The highest BCUT2D eigenvalue weighted by Crippen LogP contribution is 2.42. The van der Waals surface area contributed by atoms with Crippen LogP contribution in [0.4, 0.5) is 22.7 Å². The Balaban J connectivity index is 0.00000506. The molecule has 0 radical (unpaired) electrons. The van der Waals surface area contributed by atoms with E-state index in [0.717, 1.165) is 48.2 Å². The normalized spacial score (nSPS) is 18.3. The van der Waals surface area contributed by atoms with Gasteiger partial charge in [0.2, 0.25) is 15.9 Å². The topological polar surface area (TPSA) is 125 Å². The van der Waals surface area contributed by atoms with Crippen molar-refractivity contribution in [1.82, 2.24) is 4.72 Å². The number of likely N-dealkylation sites (N-methyl/N-ethyl adjacent to an activating group) is 1. The smallest absolute Gasteiger partial charge is 0.234 e. The van der Waals surface area contributed by atoms with Crippen LogP contribution in [-0.4, -0.2) is 52.4 Å². The fourth-order valence-corrected chi connectivity index (χ4v) is 6.98. The van der Waals surface area contributed by atoms with Gasteiger partial charge in [-0.2, -0.15) is 10.5 Å². The molecule has 0 aliphatic carbocycles. The predicted octanol–water partition coefficient (Wildman–Crippen LogP) is 0.126. The van der Waals surface area contributed by atoms with Crippen molar-refractivity contribution in [1.29, 1.82) is 10.5 Å². The third-order valence-electron chi connectivity index (χ3n) is 7.63. The summed E-state index contributed by atoms with van der Waals surface area (Å²) in [6, 6.07) is 16.0. The Bertz CT molecular complexity index is 1590. The van der Waals surface area contributed by atoms with Gasteiger partial charge in [0.1, 0.15) is 11.5 Å². The molecule has 2 heterocycles. The standard InChI is InChI=1S/C31H37N7O3S.BrH/c1-5-35-26-15-13-24(21-32)19-28(26)37(7-3)30(35)11-10-12-31-36(6-2)27-16-14-25(22-33)20-29(27)38(31)17-8-9-18-42(40,41)34-23(4)39;/h10-16,19-20,31H,5-9,17-18H2,1-4H3,(H,34,39);1H. The Labute approximate surface area is 265 Å². The summed E-state index contributed by atoms with van der Waals surface area (Å²) < 4.78 is 26.3.